The van der Waals surface area contributed by atoms with Crippen molar-refractivity contribution in [2.24, 2.45) is 0 Å². The van der Waals surface area contributed by atoms with Crippen LogP contribution in [0.25, 0.3) is 0 Å². The highest BCUT2D eigenvalue weighted by atomic mass is 32.2. The molecule has 27 heavy (non-hydrogen) atoms. The number of hydrogen-bond donors (Lipinski definition) is 3. The molecule has 0 aliphatic rings. The highest BCUT2D eigenvalue weighted by Gasteiger charge is 2.18. The Labute approximate surface area is 161 Å². The van der Waals surface area contributed by atoms with Crippen LogP contribution in [0.2, 0.25) is 0 Å². The molecule has 0 unspecified atom stereocenters. The molecule has 2 rings (SSSR count). The maximum absolute atomic E-state index is 12.3. The molecule has 1 amide bonds. The molecule has 0 fully saturated rings. The number of carbonyl (C=O) groups excluding carboxylic acids is 1. The van der Waals surface area contributed by atoms with Crippen molar-refractivity contribution in [3.05, 3.63) is 65.7 Å². The van der Waals surface area contributed by atoms with Crippen molar-refractivity contribution in [3.8, 4) is 0 Å². The van der Waals surface area contributed by atoms with Gasteiger partial charge >= 0.3 is 0 Å². The average molecular weight is 391 g/mol. The highest BCUT2D eigenvalue weighted by Crippen LogP contribution is 2.11. The summed E-state index contributed by atoms with van der Waals surface area (Å²) in [5, 5.41) is 3.00. The van der Waals surface area contributed by atoms with Crippen molar-refractivity contribution in [3.63, 3.8) is 0 Å². The molecule has 1 atom stereocenters. The molecule has 0 bridgehead atoms. The molecule has 3 N–H and O–H groups in total. The van der Waals surface area contributed by atoms with Crippen LogP contribution in [0.3, 0.4) is 0 Å². The van der Waals surface area contributed by atoms with Gasteiger partial charge in [0.2, 0.25) is 15.9 Å². The van der Waals surface area contributed by atoms with Crippen molar-refractivity contribution in [1.29, 1.82) is 0 Å². The molecular formula is C20H28N3O3S+. The van der Waals surface area contributed by atoms with E-state index in [0.29, 0.717) is 0 Å². The smallest absolute Gasteiger partial charge is 0.240 e. The topological polar surface area (TPSA) is 79.7 Å². The molecule has 2 aromatic carbocycles. The van der Waals surface area contributed by atoms with Crippen molar-refractivity contribution in [1.82, 2.24) is 10.0 Å². The number of nitrogens with one attached hydrogen (secondary N) is 3. The van der Waals surface area contributed by atoms with Crippen LogP contribution in [0.1, 0.15) is 23.6 Å². The summed E-state index contributed by atoms with van der Waals surface area (Å²) in [6, 6.07) is 16.3. The standard InChI is InChI=1S/C20H27N3O3S/c1-16-9-11-18(12-10-16)27(25,26)21-14-13-20(24)22-19(15-23(2)3)17-7-5-4-6-8-17/h4-12,19,21H,13-15H2,1-3H3,(H,22,24)/p+1/t19-/m1/s1. The number of sulfonamides is 1. The van der Waals surface area contributed by atoms with Crippen LogP contribution in [0.5, 0.6) is 0 Å². The molecule has 6 nitrogen and oxygen atoms in total. The molecule has 146 valence electrons. The molecule has 0 saturated carbocycles. The van der Waals surface area contributed by atoms with Gasteiger partial charge in [-0.1, -0.05) is 48.0 Å². The van der Waals surface area contributed by atoms with Gasteiger partial charge in [0.25, 0.3) is 0 Å². The third-order valence-electron chi connectivity index (χ3n) is 4.12. The van der Waals surface area contributed by atoms with E-state index in [2.05, 4.69) is 10.0 Å². The van der Waals surface area contributed by atoms with E-state index in [1.165, 1.54) is 4.90 Å². The normalized spacial score (nSPS) is 12.7. The SMILES string of the molecule is Cc1ccc(S(=O)(=O)NCCC(=O)N[C@H](C[NH+](C)C)c2ccccc2)cc1. The van der Waals surface area contributed by atoms with Crippen LogP contribution in [-0.2, 0) is 14.8 Å². The number of aryl methyl sites for hydroxylation is 1. The zero-order valence-corrected chi connectivity index (χ0v) is 16.8. The molecule has 0 spiro atoms. The van der Waals surface area contributed by atoms with Crippen LogP contribution in [0.4, 0.5) is 0 Å². The third kappa shape index (κ3) is 6.78. The first-order valence-corrected chi connectivity index (χ1v) is 10.5. The van der Waals surface area contributed by atoms with Crippen LogP contribution in [0.15, 0.2) is 59.5 Å². The summed E-state index contributed by atoms with van der Waals surface area (Å²) in [7, 11) is 0.445. The van der Waals surface area contributed by atoms with E-state index in [-0.39, 0.29) is 29.8 Å². The minimum absolute atomic E-state index is 0.0539. The van der Waals surface area contributed by atoms with Crippen LogP contribution >= 0.6 is 0 Å². The van der Waals surface area contributed by atoms with Gasteiger partial charge < -0.3 is 10.2 Å². The van der Waals surface area contributed by atoms with Gasteiger partial charge in [0.05, 0.1) is 19.0 Å². The van der Waals surface area contributed by atoms with Gasteiger partial charge in [-0.3, -0.25) is 4.79 Å². The number of rotatable bonds is 9. The fraction of sp³-hybridized carbons (Fsp3) is 0.350. The lowest BCUT2D eigenvalue weighted by Crippen LogP contribution is -3.06. The molecule has 2 aromatic rings. The second-order valence-corrected chi connectivity index (χ2v) is 8.67. The highest BCUT2D eigenvalue weighted by molar-refractivity contribution is 7.89. The molecule has 7 heteroatoms. The lowest BCUT2D eigenvalue weighted by atomic mass is 10.1. The number of quaternary nitrogens is 1. The van der Waals surface area contributed by atoms with Crippen LogP contribution in [-0.4, -0.2) is 41.5 Å². The Kier molecular flexibility index (Phi) is 7.53. The van der Waals surface area contributed by atoms with Gasteiger partial charge in [-0.15, -0.1) is 0 Å². The third-order valence-corrected chi connectivity index (χ3v) is 5.60. The summed E-state index contributed by atoms with van der Waals surface area (Å²) >= 11 is 0. The van der Waals surface area contributed by atoms with E-state index < -0.39 is 10.0 Å². The summed E-state index contributed by atoms with van der Waals surface area (Å²) in [6.07, 6.45) is 0.0805. The lowest BCUT2D eigenvalue weighted by Gasteiger charge is -2.21. The Morgan fingerprint density at radius 2 is 1.67 bits per heavy atom. The Bertz CT molecular complexity index is 835. The van der Waals surface area contributed by atoms with Crippen molar-refractivity contribution >= 4 is 15.9 Å². The molecule has 0 radical (unpaired) electrons. The minimum atomic E-state index is -3.61. The predicted octanol–water partition coefficient (Wildman–Crippen LogP) is 0.665. The monoisotopic (exact) mass is 390 g/mol. The summed E-state index contributed by atoms with van der Waals surface area (Å²) < 4.78 is 27.0. The van der Waals surface area contributed by atoms with Gasteiger partial charge in [-0.2, -0.15) is 0 Å². The summed E-state index contributed by atoms with van der Waals surface area (Å²) in [5.41, 5.74) is 2.02. The lowest BCUT2D eigenvalue weighted by molar-refractivity contribution is -0.860. The Hall–Kier alpha value is -2.22. The zero-order chi connectivity index (χ0) is 19.9. The number of likely N-dealkylation sites (N-methyl/N-ethyl adjacent to an activating group) is 1. The largest absolute Gasteiger partial charge is 0.344 e. The second-order valence-electron chi connectivity index (χ2n) is 6.90. The first kappa shape index (κ1) is 21.1. The Morgan fingerprint density at radius 1 is 1.04 bits per heavy atom. The number of amides is 1. The molecule has 0 heterocycles. The van der Waals surface area contributed by atoms with Gasteiger partial charge in [0.1, 0.15) is 12.6 Å². The summed E-state index contributed by atoms with van der Waals surface area (Å²) in [5.74, 6) is -0.184. The second kappa shape index (κ2) is 9.64. The van der Waals surface area contributed by atoms with E-state index in [1.807, 2.05) is 51.4 Å². The maximum Gasteiger partial charge on any atom is 0.240 e. The molecule has 0 aliphatic carbocycles. The first-order chi connectivity index (χ1) is 12.8. The van der Waals surface area contributed by atoms with Crippen LogP contribution < -0.4 is 14.9 Å². The predicted molar refractivity (Wildman–Crippen MR) is 106 cm³/mol. The maximum atomic E-state index is 12.3. The number of carbonyl (C=O) groups is 1. The summed E-state index contributed by atoms with van der Waals surface area (Å²) in [6.45, 7) is 2.69. The van der Waals surface area contributed by atoms with Crippen LogP contribution in [0, 0.1) is 6.92 Å². The minimum Gasteiger partial charge on any atom is -0.344 e. The molecule has 0 saturated heterocycles. The summed E-state index contributed by atoms with van der Waals surface area (Å²) in [4.78, 5) is 13.7. The van der Waals surface area contributed by atoms with Crippen molar-refractivity contribution < 1.29 is 18.1 Å². The number of benzene rings is 2. The molecule has 0 aliphatic heterocycles. The van der Waals surface area contributed by atoms with Crippen molar-refractivity contribution in [2.45, 2.75) is 24.3 Å². The van der Waals surface area contributed by atoms with Gasteiger partial charge in [-0.25, -0.2) is 13.1 Å². The number of hydrogen-bond acceptors (Lipinski definition) is 3. The fourth-order valence-electron chi connectivity index (χ4n) is 2.71. The molecule has 0 aromatic heterocycles. The quantitative estimate of drug-likeness (QED) is 0.589. The first-order valence-electron chi connectivity index (χ1n) is 8.97. The molecular weight excluding hydrogens is 362 g/mol. The van der Waals surface area contributed by atoms with E-state index in [1.54, 1.807) is 24.3 Å². The van der Waals surface area contributed by atoms with Crippen molar-refractivity contribution in [2.75, 3.05) is 27.2 Å². The van der Waals surface area contributed by atoms with Gasteiger partial charge in [0, 0.05) is 13.0 Å². The average Bonchev–Trinajstić information content (AvgIpc) is 2.62. The van der Waals surface area contributed by atoms with E-state index >= 15 is 0 Å². The van der Waals surface area contributed by atoms with E-state index in [9.17, 15) is 13.2 Å². The van der Waals surface area contributed by atoms with Gasteiger partial charge in [0.15, 0.2) is 0 Å². The Balaban J connectivity index is 1.91. The zero-order valence-electron chi connectivity index (χ0n) is 16.0. The van der Waals surface area contributed by atoms with E-state index in [0.717, 1.165) is 17.7 Å². The van der Waals surface area contributed by atoms with Gasteiger partial charge in [-0.05, 0) is 24.6 Å². The fourth-order valence-corrected chi connectivity index (χ4v) is 3.74. The Morgan fingerprint density at radius 3 is 2.26 bits per heavy atom. The van der Waals surface area contributed by atoms with E-state index in [4.69, 9.17) is 0 Å².